The largest absolute Gasteiger partial charge is 0.444 e. The van der Waals surface area contributed by atoms with Crippen LogP contribution in [-0.2, 0) is 4.74 Å². The number of hydrogen-bond acceptors (Lipinski definition) is 4. The van der Waals surface area contributed by atoms with Gasteiger partial charge in [0, 0.05) is 21.8 Å². The van der Waals surface area contributed by atoms with Crippen molar-refractivity contribution in [2.24, 2.45) is 0 Å². The van der Waals surface area contributed by atoms with E-state index in [4.69, 9.17) is 4.74 Å². The number of ether oxygens (including phenoxy) is 1. The lowest BCUT2D eigenvalue weighted by Gasteiger charge is -2.24. The van der Waals surface area contributed by atoms with E-state index < -0.39 is 11.7 Å². The monoisotopic (exact) mass is 347 g/mol. The first-order chi connectivity index (χ1) is 8.78. The normalized spacial score (nSPS) is 23.7. The Hall–Kier alpha value is -0.590. The second-order valence-electron chi connectivity index (χ2n) is 5.69. The number of nitrogens with zero attached hydrogens (tertiary/aromatic N) is 1. The molecule has 1 aliphatic rings. The van der Waals surface area contributed by atoms with Crippen LogP contribution in [0.15, 0.2) is 15.9 Å². The summed E-state index contributed by atoms with van der Waals surface area (Å²) in [5, 5.41) is 12.1. The van der Waals surface area contributed by atoms with Gasteiger partial charge in [0.25, 0.3) is 0 Å². The first-order valence-electron chi connectivity index (χ1n) is 6.17. The SMILES string of the molecule is CC(C)(C)OC(=O)N1CC(O)C(c2sccc2Br)C1. The van der Waals surface area contributed by atoms with E-state index in [2.05, 4.69) is 15.9 Å². The maximum atomic E-state index is 12.0. The van der Waals surface area contributed by atoms with Crippen LogP contribution in [0.3, 0.4) is 0 Å². The molecule has 2 atom stereocenters. The van der Waals surface area contributed by atoms with Gasteiger partial charge < -0.3 is 14.7 Å². The highest BCUT2D eigenvalue weighted by atomic mass is 79.9. The minimum absolute atomic E-state index is 0.0399. The molecule has 4 nitrogen and oxygen atoms in total. The van der Waals surface area contributed by atoms with Gasteiger partial charge in [0.2, 0.25) is 0 Å². The highest BCUT2D eigenvalue weighted by Gasteiger charge is 2.38. The average Bonchev–Trinajstić information content (AvgIpc) is 2.82. The van der Waals surface area contributed by atoms with E-state index in [-0.39, 0.29) is 12.0 Å². The molecule has 2 unspecified atom stereocenters. The quantitative estimate of drug-likeness (QED) is 0.848. The van der Waals surface area contributed by atoms with Crippen LogP contribution in [0.4, 0.5) is 4.79 Å². The van der Waals surface area contributed by atoms with Gasteiger partial charge >= 0.3 is 6.09 Å². The van der Waals surface area contributed by atoms with E-state index >= 15 is 0 Å². The van der Waals surface area contributed by atoms with Gasteiger partial charge in [-0.05, 0) is 48.1 Å². The first-order valence-corrected chi connectivity index (χ1v) is 7.84. The molecule has 0 radical (unpaired) electrons. The standard InChI is InChI=1S/C13H18BrNO3S/c1-13(2,3)18-12(17)15-6-8(10(16)7-15)11-9(14)4-5-19-11/h4-5,8,10,16H,6-7H2,1-3H3. The molecule has 19 heavy (non-hydrogen) atoms. The van der Waals surface area contributed by atoms with Gasteiger partial charge in [0.1, 0.15) is 5.60 Å². The molecule has 0 aromatic carbocycles. The van der Waals surface area contributed by atoms with Gasteiger partial charge in [-0.2, -0.15) is 0 Å². The van der Waals surface area contributed by atoms with Gasteiger partial charge in [0.05, 0.1) is 12.6 Å². The van der Waals surface area contributed by atoms with Crippen molar-refractivity contribution in [3.63, 3.8) is 0 Å². The average molecular weight is 348 g/mol. The highest BCUT2D eigenvalue weighted by Crippen LogP contribution is 2.36. The summed E-state index contributed by atoms with van der Waals surface area (Å²) >= 11 is 5.07. The third-order valence-electron chi connectivity index (χ3n) is 2.92. The number of halogens is 1. The van der Waals surface area contributed by atoms with Crippen molar-refractivity contribution in [3.05, 3.63) is 20.8 Å². The van der Waals surface area contributed by atoms with Crippen molar-refractivity contribution in [2.45, 2.75) is 38.4 Å². The molecule has 1 saturated heterocycles. The third kappa shape index (κ3) is 3.49. The fraction of sp³-hybridized carbons (Fsp3) is 0.615. The molecule has 1 N–H and O–H groups in total. The van der Waals surface area contributed by atoms with Crippen molar-refractivity contribution in [3.8, 4) is 0 Å². The number of hydrogen-bond donors (Lipinski definition) is 1. The Morgan fingerprint density at radius 1 is 1.53 bits per heavy atom. The lowest BCUT2D eigenvalue weighted by molar-refractivity contribution is 0.0270. The molecule has 1 fully saturated rings. The Labute approximate surface area is 125 Å². The number of thiophene rings is 1. The summed E-state index contributed by atoms with van der Waals surface area (Å²) in [4.78, 5) is 14.6. The van der Waals surface area contributed by atoms with Crippen LogP contribution in [0.1, 0.15) is 31.6 Å². The van der Waals surface area contributed by atoms with Gasteiger partial charge in [-0.15, -0.1) is 11.3 Å². The summed E-state index contributed by atoms with van der Waals surface area (Å²) in [6.07, 6.45) is -0.899. The fourth-order valence-electron chi connectivity index (χ4n) is 2.09. The smallest absolute Gasteiger partial charge is 0.410 e. The van der Waals surface area contributed by atoms with E-state index in [0.29, 0.717) is 13.1 Å². The maximum Gasteiger partial charge on any atom is 0.410 e. The number of β-amino-alcohol motifs (C(OH)–C–C–N with tert-alkyl or cyclic N) is 1. The van der Waals surface area contributed by atoms with Crippen LogP contribution in [0.25, 0.3) is 0 Å². The van der Waals surface area contributed by atoms with Crippen LogP contribution >= 0.6 is 27.3 Å². The number of carbonyl (C=O) groups excluding carboxylic acids is 1. The van der Waals surface area contributed by atoms with Crippen molar-refractivity contribution in [2.75, 3.05) is 13.1 Å². The van der Waals surface area contributed by atoms with Crippen LogP contribution in [0, 0.1) is 0 Å². The first kappa shape index (κ1) is 14.8. The number of aliphatic hydroxyl groups is 1. The summed E-state index contributed by atoms with van der Waals surface area (Å²) in [7, 11) is 0. The third-order valence-corrected chi connectivity index (χ3v) is 4.92. The molecule has 1 amide bonds. The molecule has 0 aliphatic carbocycles. The molecule has 1 aromatic rings. The summed E-state index contributed by atoms with van der Waals surface area (Å²) < 4.78 is 6.33. The van der Waals surface area contributed by atoms with Crippen molar-refractivity contribution in [1.82, 2.24) is 4.90 Å². The summed E-state index contributed by atoms with van der Waals surface area (Å²) in [6.45, 7) is 6.33. The van der Waals surface area contributed by atoms with Crippen LogP contribution in [-0.4, -0.2) is 40.9 Å². The summed E-state index contributed by atoms with van der Waals surface area (Å²) in [5.41, 5.74) is -0.510. The molecule has 1 aliphatic heterocycles. The highest BCUT2D eigenvalue weighted by molar-refractivity contribution is 9.10. The molecule has 6 heteroatoms. The minimum Gasteiger partial charge on any atom is -0.444 e. The van der Waals surface area contributed by atoms with Crippen molar-refractivity contribution < 1.29 is 14.6 Å². The second-order valence-corrected chi connectivity index (χ2v) is 7.49. The Morgan fingerprint density at radius 2 is 2.21 bits per heavy atom. The lowest BCUT2D eigenvalue weighted by Crippen LogP contribution is -2.35. The Morgan fingerprint density at radius 3 is 2.74 bits per heavy atom. The van der Waals surface area contributed by atoms with E-state index in [1.165, 1.54) is 0 Å². The predicted octanol–water partition coefficient (Wildman–Crippen LogP) is 3.21. The molecule has 2 rings (SSSR count). The topological polar surface area (TPSA) is 49.8 Å². The van der Waals surface area contributed by atoms with E-state index in [9.17, 15) is 9.90 Å². The van der Waals surface area contributed by atoms with Crippen LogP contribution < -0.4 is 0 Å². The predicted molar refractivity (Wildman–Crippen MR) is 78.6 cm³/mol. The fourth-order valence-corrected chi connectivity index (χ4v) is 3.91. The van der Waals surface area contributed by atoms with Crippen LogP contribution in [0.5, 0.6) is 0 Å². The van der Waals surface area contributed by atoms with Crippen molar-refractivity contribution in [1.29, 1.82) is 0 Å². The van der Waals surface area contributed by atoms with Gasteiger partial charge in [-0.1, -0.05) is 0 Å². The lowest BCUT2D eigenvalue weighted by atomic mass is 10.1. The summed E-state index contributed by atoms with van der Waals surface area (Å²) in [5.74, 6) is -0.0399. The number of rotatable bonds is 1. The maximum absolute atomic E-state index is 12.0. The summed E-state index contributed by atoms with van der Waals surface area (Å²) in [6, 6.07) is 1.96. The molecular weight excluding hydrogens is 330 g/mol. The molecule has 2 heterocycles. The van der Waals surface area contributed by atoms with Crippen molar-refractivity contribution >= 4 is 33.4 Å². The second kappa shape index (κ2) is 5.42. The molecule has 0 bridgehead atoms. The number of likely N-dealkylation sites (tertiary alicyclic amines) is 1. The number of carbonyl (C=O) groups is 1. The Balaban J connectivity index is 2.06. The van der Waals surface area contributed by atoms with E-state index in [1.54, 1.807) is 16.2 Å². The zero-order valence-corrected chi connectivity index (χ0v) is 13.6. The minimum atomic E-state index is -0.539. The number of aliphatic hydroxyl groups excluding tert-OH is 1. The molecule has 0 spiro atoms. The Bertz CT molecular complexity index is 469. The molecular formula is C13H18BrNO3S. The number of amides is 1. The van der Waals surface area contributed by atoms with Gasteiger partial charge in [-0.3, -0.25) is 0 Å². The zero-order valence-electron chi connectivity index (χ0n) is 11.2. The van der Waals surface area contributed by atoms with Crippen LogP contribution in [0.2, 0.25) is 0 Å². The Kier molecular flexibility index (Phi) is 4.23. The van der Waals surface area contributed by atoms with E-state index in [1.807, 2.05) is 32.2 Å². The van der Waals surface area contributed by atoms with Gasteiger partial charge in [-0.25, -0.2) is 4.79 Å². The zero-order chi connectivity index (χ0) is 14.2. The van der Waals surface area contributed by atoms with Gasteiger partial charge in [0.15, 0.2) is 0 Å². The van der Waals surface area contributed by atoms with E-state index in [0.717, 1.165) is 9.35 Å². The molecule has 0 saturated carbocycles. The molecule has 106 valence electrons. The molecule has 1 aromatic heterocycles.